The number of carbonyl (C=O) groups excluding carboxylic acids is 2. The summed E-state index contributed by atoms with van der Waals surface area (Å²) in [6, 6.07) is 7.87. The Morgan fingerprint density at radius 2 is 1.23 bits per heavy atom. The number of aliphatic hydroxyl groups is 6. The number of aliphatic hydroxyl groups excluding tert-OH is 6. The molecular formula is C25H32O14Sr. The van der Waals surface area contributed by atoms with Crippen molar-refractivity contribution >= 4 is 63.4 Å². The van der Waals surface area contributed by atoms with Crippen molar-refractivity contribution in [3.8, 4) is 0 Å². The maximum Gasteiger partial charge on any atom is 2.00 e. The molecule has 2 heterocycles. The normalized spacial score (nSPS) is 20.3. The Morgan fingerprint density at radius 3 is 1.48 bits per heavy atom. The van der Waals surface area contributed by atoms with Crippen molar-refractivity contribution in [2.45, 2.75) is 57.5 Å². The maximum absolute atomic E-state index is 10.8. The zero-order chi connectivity index (χ0) is 30.0. The molecule has 15 heteroatoms. The molecule has 0 fully saturated rings. The summed E-state index contributed by atoms with van der Waals surface area (Å²) >= 11 is 0. The van der Waals surface area contributed by atoms with E-state index >= 15 is 0 Å². The van der Waals surface area contributed by atoms with Crippen LogP contribution < -0.4 is 10.2 Å². The number of carboxylic acid groups (broad SMARTS) is 1. The molecule has 218 valence electrons. The Morgan fingerprint density at radius 1 is 0.850 bits per heavy atom. The summed E-state index contributed by atoms with van der Waals surface area (Å²) < 4.78 is 8.51. The van der Waals surface area contributed by atoms with Crippen LogP contribution in [0.5, 0.6) is 0 Å². The third-order valence-corrected chi connectivity index (χ3v) is 5.41. The van der Waals surface area contributed by atoms with Gasteiger partial charge in [-0.1, -0.05) is 38.1 Å². The van der Waals surface area contributed by atoms with Gasteiger partial charge in [0.2, 0.25) is 0 Å². The number of hydrogen-bond acceptors (Lipinski definition) is 13. The van der Waals surface area contributed by atoms with Crippen LogP contribution in [0.3, 0.4) is 0 Å². The number of aliphatic carboxylic acids is 1. The molecule has 0 radical (unpaired) electrons. The molecule has 1 aromatic carbocycles. The first-order chi connectivity index (χ1) is 18.2. The van der Waals surface area contributed by atoms with E-state index in [1.165, 1.54) is 5.56 Å². The van der Waals surface area contributed by atoms with E-state index in [4.69, 9.17) is 35.7 Å². The van der Waals surface area contributed by atoms with Gasteiger partial charge in [-0.3, -0.25) is 4.79 Å². The van der Waals surface area contributed by atoms with E-state index in [2.05, 4.69) is 23.3 Å². The number of benzene rings is 1. The molecule has 3 rings (SSSR count). The third-order valence-electron chi connectivity index (χ3n) is 5.41. The molecule has 0 saturated heterocycles. The summed E-state index contributed by atoms with van der Waals surface area (Å²) in [5, 5.41) is 82.4. The summed E-state index contributed by atoms with van der Waals surface area (Å²) in [7, 11) is 0. The van der Waals surface area contributed by atoms with Crippen LogP contribution in [0.25, 0.3) is 0 Å². The fraction of sp³-hybridized carbons (Fsp3) is 0.480. The second kappa shape index (κ2) is 17.4. The van der Waals surface area contributed by atoms with E-state index in [0.29, 0.717) is 5.92 Å². The van der Waals surface area contributed by atoms with Crippen LogP contribution in [0.15, 0.2) is 47.3 Å². The quantitative estimate of drug-likeness (QED) is 0.114. The fourth-order valence-electron chi connectivity index (χ4n) is 3.19. The summed E-state index contributed by atoms with van der Waals surface area (Å²) in [6.07, 6.45) is -4.72. The Bertz CT molecular complexity index is 1020. The predicted octanol–water partition coefficient (Wildman–Crippen LogP) is -2.52. The first-order valence-corrected chi connectivity index (χ1v) is 11.7. The molecule has 2 aliphatic heterocycles. The van der Waals surface area contributed by atoms with E-state index < -0.39 is 84.5 Å². The number of ether oxygens (including phenoxy) is 2. The molecule has 2 aliphatic rings. The minimum Gasteiger partial charge on any atom is -0.865 e. The zero-order valence-corrected chi connectivity index (χ0v) is 25.6. The van der Waals surface area contributed by atoms with Crippen LogP contribution in [0, 0.1) is 5.92 Å². The number of hydrogen-bond donors (Lipinski definition) is 7. The summed E-state index contributed by atoms with van der Waals surface area (Å²) in [5.41, 5.74) is 2.14. The molecule has 1 aromatic rings. The van der Waals surface area contributed by atoms with Gasteiger partial charge >= 0.3 is 63.4 Å². The van der Waals surface area contributed by atoms with Crippen molar-refractivity contribution in [1.29, 1.82) is 0 Å². The molecule has 0 bridgehead atoms. The van der Waals surface area contributed by atoms with Crippen LogP contribution in [-0.2, 0) is 30.3 Å². The Kier molecular flexibility index (Phi) is 16.4. The minimum absolute atomic E-state index is 0. The zero-order valence-electron chi connectivity index (χ0n) is 22.1. The maximum atomic E-state index is 10.8. The van der Waals surface area contributed by atoms with Crippen molar-refractivity contribution in [2.24, 2.45) is 5.92 Å². The van der Waals surface area contributed by atoms with Crippen molar-refractivity contribution in [3.63, 3.8) is 0 Å². The molecule has 0 amide bonds. The van der Waals surface area contributed by atoms with Gasteiger partial charge in [-0.25, -0.2) is 9.59 Å². The van der Waals surface area contributed by atoms with E-state index in [-0.39, 0.29) is 45.5 Å². The first kappa shape index (κ1) is 37.6. The Hall–Kier alpha value is -2.37. The van der Waals surface area contributed by atoms with Crippen LogP contribution in [0.1, 0.15) is 37.8 Å². The molecular weight excluding hydrogens is 612 g/mol. The van der Waals surface area contributed by atoms with E-state index in [9.17, 15) is 24.6 Å². The van der Waals surface area contributed by atoms with Crippen LogP contribution in [0.4, 0.5) is 0 Å². The number of carbonyl (C=O) groups is 3. The number of cyclic esters (lactones) is 2. The number of carboxylic acids is 1. The first-order valence-electron chi connectivity index (χ1n) is 11.7. The largest absolute Gasteiger partial charge is 2.00 e. The minimum atomic E-state index is -1.46. The van der Waals surface area contributed by atoms with Crippen LogP contribution in [-0.4, -0.2) is 137 Å². The van der Waals surface area contributed by atoms with Gasteiger partial charge in [0.15, 0.2) is 12.2 Å². The molecule has 0 saturated carbocycles. The van der Waals surface area contributed by atoms with E-state index in [1.54, 1.807) is 6.92 Å². The van der Waals surface area contributed by atoms with Gasteiger partial charge in [-0.15, -0.1) is 0 Å². The molecule has 0 spiro atoms. The summed E-state index contributed by atoms with van der Waals surface area (Å²) in [5.74, 6) is -7.06. The van der Waals surface area contributed by atoms with Crippen molar-refractivity contribution in [2.75, 3.05) is 13.2 Å². The molecule has 14 nitrogen and oxygen atoms in total. The van der Waals surface area contributed by atoms with Gasteiger partial charge in [0.25, 0.3) is 0 Å². The second-order valence-electron chi connectivity index (χ2n) is 8.98. The third kappa shape index (κ3) is 10.6. The number of esters is 2. The average Bonchev–Trinajstić information content (AvgIpc) is 3.32. The summed E-state index contributed by atoms with van der Waals surface area (Å²) in [6.45, 7) is 4.66. The fourth-order valence-corrected chi connectivity index (χ4v) is 3.19. The Labute approximate surface area is 266 Å². The SMILES string of the molecule is CC(C)Cc1ccc(C(C)C(=O)O)cc1.O=C1O[C@H]([C@@H](O)CO)C(O)=C1[O-].O=C1O[C@H]([C@@H](O)CO)C(O)=C1[O-].[Sr+2]. The monoisotopic (exact) mass is 644 g/mol. The van der Waals surface area contributed by atoms with E-state index in [0.717, 1.165) is 12.0 Å². The van der Waals surface area contributed by atoms with Crippen molar-refractivity contribution in [3.05, 3.63) is 58.4 Å². The predicted molar refractivity (Wildman–Crippen MR) is 132 cm³/mol. The number of rotatable bonds is 8. The standard InChI is InChI=1S/C13H18O2.2C6H8O6.Sr/c1-9(2)8-11-4-6-12(7-5-11)10(3)13(14)15;2*7-1-2(8)5-3(9)4(10)6(11)12-5;/h4-7,9-10H,8H2,1-3H3,(H,14,15);2*2,5,7-10H,1H2;/q;;;+2/p-2/t;2*2-,5+;/m.00./s1. The second-order valence-corrected chi connectivity index (χ2v) is 8.98. The molecule has 40 heavy (non-hydrogen) atoms. The molecule has 7 N–H and O–H groups in total. The smallest absolute Gasteiger partial charge is 0.865 e. The van der Waals surface area contributed by atoms with Crippen LogP contribution >= 0.6 is 0 Å². The molecule has 0 aliphatic carbocycles. The van der Waals surface area contributed by atoms with Gasteiger partial charge in [0.1, 0.15) is 23.7 Å². The van der Waals surface area contributed by atoms with Crippen LogP contribution in [0.2, 0.25) is 0 Å². The average molecular weight is 644 g/mol. The Balaban J connectivity index is 0.000000568. The summed E-state index contributed by atoms with van der Waals surface area (Å²) in [4.78, 5) is 31.7. The van der Waals surface area contributed by atoms with Gasteiger partial charge in [-0.05, 0) is 30.4 Å². The molecule has 5 atom stereocenters. The van der Waals surface area contributed by atoms with Crippen molar-refractivity contribution in [1.82, 2.24) is 0 Å². The van der Waals surface area contributed by atoms with Gasteiger partial charge in [-0.2, -0.15) is 0 Å². The molecule has 0 aromatic heterocycles. The van der Waals surface area contributed by atoms with Crippen molar-refractivity contribution < 1.29 is 69.8 Å². The topological polar surface area (TPSA) is 257 Å². The van der Waals surface area contributed by atoms with Gasteiger partial charge in [0, 0.05) is 11.5 Å². The van der Waals surface area contributed by atoms with E-state index in [1.807, 2.05) is 24.3 Å². The van der Waals surface area contributed by atoms with Gasteiger partial charge in [0.05, 0.1) is 19.1 Å². The molecule has 1 unspecified atom stereocenters. The van der Waals surface area contributed by atoms with Gasteiger partial charge < -0.3 is 55.4 Å².